The molecular weight excluding hydrogens is 314 g/mol. The van der Waals surface area contributed by atoms with Gasteiger partial charge in [0.1, 0.15) is 0 Å². The molecule has 0 bridgehead atoms. The first-order valence-corrected chi connectivity index (χ1v) is 10.2. The van der Waals surface area contributed by atoms with Gasteiger partial charge in [0.15, 0.2) is 5.13 Å². The maximum absolute atomic E-state index is 4.81. The average Bonchev–Trinajstić information content (AvgIpc) is 3.20. The molecule has 2 aliphatic carbocycles. The maximum atomic E-state index is 4.81. The highest BCUT2D eigenvalue weighted by Gasteiger charge is 2.22. The van der Waals surface area contributed by atoms with Crippen LogP contribution in [0.5, 0.6) is 0 Å². The molecule has 1 saturated carbocycles. The van der Waals surface area contributed by atoms with E-state index in [-0.39, 0.29) is 0 Å². The van der Waals surface area contributed by atoms with Gasteiger partial charge in [-0.2, -0.15) is 0 Å². The highest BCUT2D eigenvalue weighted by Crippen LogP contribution is 2.33. The third-order valence-corrected chi connectivity index (χ3v) is 6.07. The molecule has 0 atom stereocenters. The predicted molar refractivity (Wildman–Crippen MR) is 103 cm³/mol. The quantitative estimate of drug-likeness (QED) is 0.684. The number of nitrogens with zero attached hydrogens (tertiary/aromatic N) is 2. The molecule has 0 radical (unpaired) electrons. The molecule has 1 N–H and O–H groups in total. The summed E-state index contributed by atoms with van der Waals surface area (Å²) in [6, 6.07) is 2.97. The third kappa shape index (κ3) is 3.44. The molecule has 3 nitrogen and oxygen atoms in total. The Hall–Kier alpha value is -1.55. The van der Waals surface area contributed by atoms with Gasteiger partial charge in [0.05, 0.1) is 5.69 Å². The largest absolute Gasteiger partial charge is 0.359 e. The SMILES string of the molecule is Cc1cc(-c2csc(NC3CC3)n2)c(C)n1CCC1=CCCCC1. The standard InChI is InChI=1S/C20H27N3S/c1-14-12-18(19-13-24-20(22-19)21-17-8-9-17)15(2)23(14)11-10-16-6-4-3-5-7-16/h6,12-13,17H,3-5,7-11H2,1-2H3,(H,21,22). The van der Waals surface area contributed by atoms with Gasteiger partial charge in [0.25, 0.3) is 0 Å². The molecular formula is C20H27N3S. The number of aromatic nitrogens is 2. The van der Waals surface area contributed by atoms with E-state index >= 15 is 0 Å². The van der Waals surface area contributed by atoms with Crippen molar-refractivity contribution >= 4 is 16.5 Å². The predicted octanol–water partition coefficient (Wildman–Crippen LogP) is 5.69. The summed E-state index contributed by atoms with van der Waals surface area (Å²) in [5, 5.41) is 6.78. The van der Waals surface area contributed by atoms with Crippen LogP contribution >= 0.6 is 11.3 Å². The van der Waals surface area contributed by atoms with Crippen molar-refractivity contribution < 1.29 is 0 Å². The van der Waals surface area contributed by atoms with Crippen LogP contribution in [0.1, 0.15) is 56.3 Å². The lowest BCUT2D eigenvalue weighted by Gasteiger charge is -2.15. The van der Waals surface area contributed by atoms with E-state index in [1.807, 2.05) is 0 Å². The van der Waals surface area contributed by atoms with Crippen LogP contribution in [0.3, 0.4) is 0 Å². The van der Waals surface area contributed by atoms with Gasteiger partial charge in [-0.05, 0) is 64.9 Å². The fourth-order valence-electron chi connectivity index (χ4n) is 3.66. The summed E-state index contributed by atoms with van der Waals surface area (Å²) in [7, 11) is 0. The van der Waals surface area contributed by atoms with Crippen molar-refractivity contribution in [1.82, 2.24) is 9.55 Å². The summed E-state index contributed by atoms with van der Waals surface area (Å²) in [6.45, 7) is 5.56. The van der Waals surface area contributed by atoms with E-state index in [4.69, 9.17) is 4.98 Å². The van der Waals surface area contributed by atoms with Gasteiger partial charge in [0.2, 0.25) is 0 Å². The summed E-state index contributed by atoms with van der Waals surface area (Å²) in [5.41, 5.74) is 6.78. The summed E-state index contributed by atoms with van der Waals surface area (Å²) < 4.78 is 2.47. The van der Waals surface area contributed by atoms with E-state index in [1.54, 1.807) is 16.9 Å². The fourth-order valence-corrected chi connectivity index (χ4v) is 4.45. The Morgan fingerprint density at radius 2 is 2.17 bits per heavy atom. The minimum atomic E-state index is 0.667. The lowest BCUT2D eigenvalue weighted by molar-refractivity contribution is 0.612. The zero-order valence-electron chi connectivity index (χ0n) is 14.8. The molecule has 128 valence electrons. The van der Waals surface area contributed by atoms with Crippen molar-refractivity contribution in [2.24, 2.45) is 0 Å². The zero-order valence-corrected chi connectivity index (χ0v) is 15.6. The Balaban J connectivity index is 1.50. The summed E-state index contributed by atoms with van der Waals surface area (Å²) in [5.74, 6) is 0. The van der Waals surface area contributed by atoms with Gasteiger partial charge in [-0.25, -0.2) is 4.98 Å². The molecule has 1 fully saturated rings. The fraction of sp³-hybridized carbons (Fsp3) is 0.550. The highest BCUT2D eigenvalue weighted by molar-refractivity contribution is 7.14. The van der Waals surface area contributed by atoms with Gasteiger partial charge in [-0.15, -0.1) is 11.3 Å². The first-order valence-electron chi connectivity index (χ1n) is 9.28. The molecule has 0 amide bonds. The first-order chi connectivity index (χ1) is 11.7. The van der Waals surface area contributed by atoms with Crippen molar-refractivity contribution in [2.45, 2.75) is 71.4 Å². The highest BCUT2D eigenvalue weighted by atomic mass is 32.1. The summed E-state index contributed by atoms with van der Waals surface area (Å²) in [4.78, 5) is 4.81. The van der Waals surface area contributed by atoms with E-state index in [0.717, 1.165) is 17.4 Å². The Kier molecular flexibility index (Phi) is 4.49. The Labute approximate surface area is 148 Å². The van der Waals surface area contributed by atoms with Gasteiger partial charge >= 0.3 is 0 Å². The first kappa shape index (κ1) is 15.9. The van der Waals surface area contributed by atoms with Crippen LogP contribution < -0.4 is 5.32 Å². The number of hydrogen-bond donors (Lipinski definition) is 1. The molecule has 2 aliphatic rings. The van der Waals surface area contributed by atoms with Crippen LogP contribution in [0.25, 0.3) is 11.3 Å². The average molecular weight is 342 g/mol. The second-order valence-corrected chi connectivity index (χ2v) is 8.11. The number of aryl methyl sites for hydroxylation is 1. The number of allylic oxidation sites excluding steroid dienone is 2. The molecule has 2 heterocycles. The molecule has 0 spiro atoms. The van der Waals surface area contributed by atoms with Gasteiger partial charge in [-0.3, -0.25) is 0 Å². The molecule has 2 aromatic rings. The Morgan fingerprint density at radius 3 is 2.92 bits per heavy atom. The minimum Gasteiger partial charge on any atom is -0.359 e. The van der Waals surface area contributed by atoms with Gasteiger partial charge in [-0.1, -0.05) is 11.6 Å². The number of nitrogens with one attached hydrogen (secondary N) is 1. The molecule has 4 heteroatoms. The number of thiazole rings is 1. The maximum Gasteiger partial charge on any atom is 0.183 e. The van der Waals surface area contributed by atoms with E-state index in [0.29, 0.717) is 6.04 Å². The van der Waals surface area contributed by atoms with Crippen molar-refractivity contribution in [3.63, 3.8) is 0 Å². The lowest BCUT2D eigenvalue weighted by Crippen LogP contribution is -2.05. The smallest absolute Gasteiger partial charge is 0.183 e. The van der Waals surface area contributed by atoms with Crippen molar-refractivity contribution in [1.29, 1.82) is 0 Å². The second kappa shape index (κ2) is 6.75. The monoisotopic (exact) mass is 341 g/mol. The molecule has 4 rings (SSSR count). The van der Waals surface area contributed by atoms with Crippen molar-refractivity contribution in [3.8, 4) is 11.3 Å². The van der Waals surface area contributed by atoms with Crippen LogP contribution in [0.4, 0.5) is 5.13 Å². The zero-order chi connectivity index (χ0) is 16.5. The van der Waals surface area contributed by atoms with Gasteiger partial charge in [0, 0.05) is 34.9 Å². The van der Waals surface area contributed by atoms with Crippen LogP contribution in [-0.2, 0) is 6.54 Å². The van der Waals surface area contributed by atoms with Crippen LogP contribution in [0, 0.1) is 13.8 Å². The molecule has 0 saturated heterocycles. The van der Waals surface area contributed by atoms with E-state index in [2.05, 4.69) is 41.3 Å². The Morgan fingerprint density at radius 1 is 1.29 bits per heavy atom. The van der Waals surface area contributed by atoms with Crippen molar-refractivity contribution in [2.75, 3.05) is 5.32 Å². The molecule has 24 heavy (non-hydrogen) atoms. The topological polar surface area (TPSA) is 29.9 Å². The summed E-state index contributed by atoms with van der Waals surface area (Å²) >= 11 is 1.73. The molecule has 0 aliphatic heterocycles. The molecule has 0 unspecified atom stereocenters. The van der Waals surface area contributed by atoms with Gasteiger partial charge < -0.3 is 9.88 Å². The number of rotatable bonds is 6. The van der Waals surface area contributed by atoms with Crippen molar-refractivity contribution in [3.05, 3.63) is 34.5 Å². The molecule has 2 aromatic heterocycles. The Bertz CT molecular complexity index is 749. The van der Waals surface area contributed by atoms with E-state index in [1.165, 1.54) is 61.9 Å². The van der Waals surface area contributed by atoms with Crippen LogP contribution in [-0.4, -0.2) is 15.6 Å². The number of anilines is 1. The molecule has 0 aromatic carbocycles. The summed E-state index contributed by atoms with van der Waals surface area (Å²) in [6.07, 6.45) is 11.6. The van der Waals surface area contributed by atoms with Crippen LogP contribution in [0.2, 0.25) is 0 Å². The van der Waals surface area contributed by atoms with Crippen LogP contribution in [0.15, 0.2) is 23.1 Å². The second-order valence-electron chi connectivity index (χ2n) is 7.25. The normalized spacial score (nSPS) is 17.8. The lowest BCUT2D eigenvalue weighted by atomic mass is 9.97. The van der Waals surface area contributed by atoms with E-state index < -0.39 is 0 Å². The minimum absolute atomic E-state index is 0.667. The van der Waals surface area contributed by atoms with E-state index in [9.17, 15) is 0 Å². The third-order valence-electron chi connectivity index (χ3n) is 5.30. The number of hydrogen-bond acceptors (Lipinski definition) is 3.